The van der Waals surface area contributed by atoms with Crippen LogP contribution in [0.15, 0.2) is 42.6 Å². The first-order chi connectivity index (χ1) is 9.61. The number of benzene rings is 1. The highest BCUT2D eigenvalue weighted by atomic mass is 35.5. The van der Waals surface area contributed by atoms with Gasteiger partial charge < -0.3 is 9.64 Å². The van der Waals surface area contributed by atoms with Crippen LogP contribution in [0.25, 0.3) is 0 Å². The number of para-hydroxylation sites is 1. The van der Waals surface area contributed by atoms with E-state index in [2.05, 4.69) is 4.98 Å². The lowest BCUT2D eigenvalue weighted by molar-refractivity contribution is 0.0784. The largest absolute Gasteiger partial charge is 0.496 e. The van der Waals surface area contributed by atoms with Crippen LogP contribution in [0.3, 0.4) is 0 Å². The van der Waals surface area contributed by atoms with Gasteiger partial charge in [0.05, 0.1) is 7.11 Å². The number of aromatic nitrogens is 1. The predicted molar refractivity (Wildman–Crippen MR) is 78.0 cm³/mol. The van der Waals surface area contributed by atoms with E-state index in [1.165, 1.54) is 6.20 Å². The standard InChI is InChI=1S/C15H15ClN2O2/c1-18(10-12-5-3-4-6-13(12)20-2)15(19)11-7-8-17-14(16)9-11/h3-9H,10H2,1-2H3. The lowest BCUT2D eigenvalue weighted by atomic mass is 10.1. The summed E-state index contributed by atoms with van der Waals surface area (Å²) in [5.74, 6) is 0.653. The van der Waals surface area contributed by atoms with Crippen molar-refractivity contribution in [2.45, 2.75) is 6.54 Å². The summed E-state index contributed by atoms with van der Waals surface area (Å²) in [6.45, 7) is 0.461. The number of methoxy groups -OCH3 is 1. The predicted octanol–water partition coefficient (Wildman–Crippen LogP) is 3.02. The van der Waals surface area contributed by atoms with Crippen molar-refractivity contribution in [3.05, 3.63) is 58.9 Å². The Bertz CT molecular complexity index is 616. The Morgan fingerprint density at radius 1 is 1.35 bits per heavy atom. The summed E-state index contributed by atoms with van der Waals surface area (Å²) >= 11 is 5.80. The van der Waals surface area contributed by atoms with Crippen LogP contribution in [0.2, 0.25) is 5.15 Å². The minimum atomic E-state index is -0.111. The maximum Gasteiger partial charge on any atom is 0.254 e. The molecule has 5 heteroatoms. The summed E-state index contributed by atoms with van der Waals surface area (Å²) in [5, 5.41) is 0.307. The van der Waals surface area contributed by atoms with Crippen LogP contribution in [0.5, 0.6) is 5.75 Å². The van der Waals surface area contributed by atoms with Gasteiger partial charge in [-0.25, -0.2) is 4.98 Å². The summed E-state index contributed by atoms with van der Waals surface area (Å²) in [4.78, 5) is 17.8. The fourth-order valence-corrected chi connectivity index (χ4v) is 2.09. The summed E-state index contributed by atoms with van der Waals surface area (Å²) < 4.78 is 5.28. The Hall–Kier alpha value is -2.07. The first-order valence-electron chi connectivity index (χ1n) is 6.10. The number of amides is 1. The molecule has 20 heavy (non-hydrogen) atoms. The Morgan fingerprint density at radius 3 is 2.80 bits per heavy atom. The van der Waals surface area contributed by atoms with Crippen LogP contribution in [0.4, 0.5) is 0 Å². The van der Waals surface area contributed by atoms with Crippen molar-refractivity contribution in [1.82, 2.24) is 9.88 Å². The highest BCUT2D eigenvalue weighted by Gasteiger charge is 2.14. The zero-order valence-electron chi connectivity index (χ0n) is 11.3. The number of rotatable bonds is 4. The van der Waals surface area contributed by atoms with Gasteiger partial charge in [0.2, 0.25) is 0 Å². The van der Waals surface area contributed by atoms with E-state index in [0.717, 1.165) is 11.3 Å². The van der Waals surface area contributed by atoms with Crippen molar-refractivity contribution in [3.8, 4) is 5.75 Å². The van der Waals surface area contributed by atoms with Crippen molar-refractivity contribution in [2.75, 3.05) is 14.2 Å². The summed E-state index contributed by atoms with van der Waals surface area (Å²) in [5.41, 5.74) is 1.47. The third-order valence-corrected chi connectivity index (χ3v) is 3.13. The van der Waals surface area contributed by atoms with Crippen LogP contribution < -0.4 is 4.74 Å². The van der Waals surface area contributed by atoms with E-state index in [1.54, 1.807) is 31.2 Å². The first kappa shape index (κ1) is 14.3. The molecule has 2 rings (SSSR count). The number of halogens is 1. The number of pyridine rings is 1. The van der Waals surface area contributed by atoms with E-state index in [0.29, 0.717) is 17.3 Å². The molecule has 0 aliphatic carbocycles. The summed E-state index contributed by atoms with van der Waals surface area (Å²) in [6.07, 6.45) is 1.52. The van der Waals surface area contributed by atoms with Gasteiger partial charge in [-0.05, 0) is 18.2 Å². The molecule has 0 atom stereocenters. The maximum atomic E-state index is 12.3. The number of carbonyl (C=O) groups is 1. The monoisotopic (exact) mass is 290 g/mol. The van der Waals surface area contributed by atoms with Crippen LogP contribution in [0, 0.1) is 0 Å². The van der Waals surface area contributed by atoms with Crippen LogP contribution in [-0.4, -0.2) is 29.9 Å². The molecule has 0 saturated heterocycles. The Kier molecular flexibility index (Phi) is 4.58. The Balaban J connectivity index is 2.15. The second-order valence-electron chi connectivity index (χ2n) is 4.34. The molecule has 4 nitrogen and oxygen atoms in total. The molecule has 0 radical (unpaired) electrons. The molecule has 2 aromatic rings. The molecule has 0 aliphatic rings. The third-order valence-electron chi connectivity index (χ3n) is 2.92. The molecule has 0 unspecified atom stereocenters. The lowest BCUT2D eigenvalue weighted by Crippen LogP contribution is -2.26. The topological polar surface area (TPSA) is 42.4 Å². The van der Waals surface area contributed by atoms with Gasteiger partial charge in [-0.2, -0.15) is 0 Å². The molecule has 0 fully saturated rings. The molecule has 104 valence electrons. The van der Waals surface area contributed by atoms with Crippen molar-refractivity contribution in [2.24, 2.45) is 0 Å². The van der Waals surface area contributed by atoms with E-state index < -0.39 is 0 Å². The maximum absolute atomic E-state index is 12.3. The van der Waals surface area contributed by atoms with Gasteiger partial charge in [0, 0.05) is 30.9 Å². The first-order valence-corrected chi connectivity index (χ1v) is 6.48. The molecule has 0 N–H and O–H groups in total. The lowest BCUT2D eigenvalue weighted by Gasteiger charge is -2.18. The SMILES string of the molecule is COc1ccccc1CN(C)C(=O)c1ccnc(Cl)c1. The second-order valence-corrected chi connectivity index (χ2v) is 4.73. The van der Waals surface area contributed by atoms with Gasteiger partial charge in [-0.15, -0.1) is 0 Å². The Morgan fingerprint density at radius 2 is 2.10 bits per heavy atom. The second kappa shape index (κ2) is 6.39. The van der Waals surface area contributed by atoms with E-state index in [9.17, 15) is 4.79 Å². The molecule has 0 bridgehead atoms. The van der Waals surface area contributed by atoms with Gasteiger partial charge in [0.25, 0.3) is 5.91 Å². The van der Waals surface area contributed by atoms with Crippen LogP contribution in [0.1, 0.15) is 15.9 Å². The number of hydrogen-bond acceptors (Lipinski definition) is 3. The number of ether oxygens (including phenoxy) is 1. The van der Waals surface area contributed by atoms with Gasteiger partial charge in [-0.1, -0.05) is 29.8 Å². The van der Waals surface area contributed by atoms with Gasteiger partial charge in [0.15, 0.2) is 0 Å². The van der Waals surface area contributed by atoms with Crippen LogP contribution in [-0.2, 0) is 6.54 Å². The molecule has 0 saturated carbocycles. The smallest absolute Gasteiger partial charge is 0.254 e. The number of nitrogens with zero attached hydrogens (tertiary/aromatic N) is 2. The molecule has 1 amide bonds. The van der Waals surface area contributed by atoms with Crippen LogP contribution >= 0.6 is 11.6 Å². The molecular formula is C15H15ClN2O2. The van der Waals surface area contributed by atoms with Gasteiger partial charge >= 0.3 is 0 Å². The van der Waals surface area contributed by atoms with Crippen molar-refractivity contribution in [3.63, 3.8) is 0 Å². The fourth-order valence-electron chi connectivity index (χ4n) is 1.92. The zero-order chi connectivity index (χ0) is 14.5. The minimum Gasteiger partial charge on any atom is -0.496 e. The third kappa shape index (κ3) is 3.27. The molecule has 0 spiro atoms. The molecule has 1 aromatic heterocycles. The molecular weight excluding hydrogens is 276 g/mol. The summed E-state index contributed by atoms with van der Waals surface area (Å²) in [6, 6.07) is 10.8. The van der Waals surface area contributed by atoms with Crippen molar-refractivity contribution in [1.29, 1.82) is 0 Å². The van der Waals surface area contributed by atoms with E-state index in [1.807, 2.05) is 24.3 Å². The van der Waals surface area contributed by atoms with E-state index >= 15 is 0 Å². The molecule has 1 heterocycles. The molecule has 1 aromatic carbocycles. The number of carbonyl (C=O) groups excluding carboxylic acids is 1. The van der Waals surface area contributed by atoms with Crippen molar-refractivity contribution < 1.29 is 9.53 Å². The average molecular weight is 291 g/mol. The van der Waals surface area contributed by atoms with Crippen molar-refractivity contribution >= 4 is 17.5 Å². The highest BCUT2D eigenvalue weighted by Crippen LogP contribution is 2.19. The number of hydrogen-bond donors (Lipinski definition) is 0. The highest BCUT2D eigenvalue weighted by molar-refractivity contribution is 6.29. The zero-order valence-corrected chi connectivity index (χ0v) is 12.1. The quantitative estimate of drug-likeness (QED) is 0.813. The minimum absolute atomic E-state index is 0.111. The van der Waals surface area contributed by atoms with Gasteiger partial charge in [-0.3, -0.25) is 4.79 Å². The normalized spacial score (nSPS) is 10.2. The summed E-state index contributed by atoms with van der Waals surface area (Å²) in [7, 11) is 3.35. The molecule has 0 aliphatic heterocycles. The van der Waals surface area contributed by atoms with Gasteiger partial charge in [0.1, 0.15) is 10.9 Å². The average Bonchev–Trinajstić information content (AvgIpc) is 2.47. The fraction of sp³-hybridized carbons (Fsp3) is 0.200. The van der Waals surface area contributed by atoms with E-state index in [4.69, 9.17) is 16.3 Å². The Labute approximate surface area is 123 Å². The van der Waals surface area contributed by atoms with E-state index in [-0.39, 0.29) is 5.91 Å².